The minimum absolute atomic E-state index is 0.0451. The zero-order valence-corrected chi connectivity index (χ0v) is 6.26. The van der Waals surface area contributed by atoms with E-state index < -0.39 is 0 Å². The first-order chi connectivity index (χ1) is 4.12. The minimum Gasteiger partial charge on any atom is -0.400 e. The van der Waals surface area contributed by atoms with Crippen molar-refractivity contribution in [2.45, 2.75) is 13.8 Å². The van der Waals surface area contributed by atoms with E-state index in [-0.39, 0.29) is 18.6 Å². The van der Waals surface area contributed by atoms with Gasteiger partial charge in [-0.3, -0.25) is 0 Å². The Morgan fingerprint density at radius 3 is 1.22 bits per heavy atom. The summed E-state index contributed by atoms with van der Waals surface area (Å²) in [5.74, 6) is 0. The minimum atomic E-state index is -0.306. The predicted octanol–water partition coefficient (Wildman–Crippen LogP) is -0.394. The fraction of sp³-hybridized carbons (Fsp3) is 1.00. The van der Waals surface area contributed by atoms with Gasteiger partial charge < -0.3 is 15.3 Å². The molecule has 0 rings (SSSR count). The molecule has 3 heteroatoms. The molecule has 3 N–H and O–H groups in total. The quantitative estimate of drug-likeness (QED) is 0.484. The van der Waals surface area contributed by atoms with Crippen LogP contribution in [0.25, 0.3) is 0 Å². The summed E-state index contributed by atoms with van der Waals surface area (Å²) in [6.45, 7) is 3.69. The Balaban J connectivity index is 0. The smallest absolute Gasteiger partial charge is 0.0504 e. The second kappa shape index (κ2) is 6.01. The van der Waals surface area contributed by atoms with Crippen LogP contribution in [-0.2, 0) is 0 Å². The van der Waals surface area contributed by atoms with Crippen LogP contribution in [0, 0.1) is 5.41 Å². The first-order valence-electron chi connectivity index (χ1n) is 2.79. The Hall–Kier alpha value is -0.120. The van der Waals surface area contributed by atoms with Gasteiger partial charge in [0.15, 0.2) is 0 Å². The van der Waals surface area contributed by atoms with E-state index in [1.807, 2.05) is 0 Å². The average molecular weight is 136 g/mol. The van der Waals surface area contributed by atoms with Crippen molar-refractivity contribution in [3.8, 4) is 0 Å². The molecule has 58 valence electrons. The van der Waals surface area contributed by atoms with Gasteiger partial charge in [-0.1, -0.05) is 13.8 Å². The van der Waals surface area contributed by atoms with Crippen molar-refractivity contribution in [1.82, 2.24) is 0 Å². The third-order valence-corrected chi connectivity index (χ3v) is 0.856. The van der Waals surface area contributed by atoms with Crippen molar-refractivity contribution in [1.29, 1.82) is 0 Å². The third kappa shape index (κ3) is 7.88. The molecule has 0 aromatic carbocycles. The van der Waals surface area contributed by atoms with Crippen LogP contribution < -0.4 is 0 Å². The molecule has 0 saturated heterocycles. The van der Waals surface area contributed by atoms with Crippen LogP contribution in [0.3, 0.4) is 0 Å². The van der Waals surface area contributed by atoms with Crippen molar-refractivity contribution in [2.75, 3.05) is 20.3 Å². The molecule has 0 heterocycles. The van der Waals surface area contributed by atoms with Crippen molar-refractivity contribution < 1.29 is 15.3 Å². The number of hydrogen-bond acceptors (Lipinski definition) is 3. The molecule has 3 nitrogen and oxygen atoms in total. The molecule has 0 fully saturated rings. The Kier molecular flexibility index (Phi) is 7.77. The second-order valence-electron chi connectivity index (χ2n) is 2.48. The van der Waals surface area contributed by atoms with Gasteiger partial charge in [0.25, 0.3) is 0 Å². The summed E-state index contributed by atoms with van der Waals surface area (Å²) in [5, 5.41) is 23.9. The zero-order valence-electron chi connectivity index (χ0n) is 6.26. The molecule has 0 unspecified atom stereocenters. The maximum absolute atomic E-state index is 8.43. The van der Waals surface area contributed by atoms with Gasteiger partial charge in [-0.2, -0.15) is 0 Å². The Morgan fingerprint density at radius 1 is 1.00 bits per heavy atom. The number of rotatable bonds is 2. The fourth-order valence-corrected chi connectivity index (χ4v) is 0.0500. The molecule has 0 saturated carbocycles. The highest BCUT2D eigenvalue weighted by atomic mass is 16.3. The maximum atomic E-state index is 8.43. The molecular weight excluding hydrogens is 120 g/mol. The van der Waals surface area contributed by atoms with Crippen molar-refractivity contribution in [3.05, 3.63) is 0 Å². The van der Waals surface area contributed by atoms with Crippen LogP contribution in [0.5, 0.6) is 0 Å². The lowest BCUT2D eigenvalue weighted by atomic mass is 9.97. The molecule has 0 bridgehead atoms. The molecule has 0 aliphatic carbocycles. The predicted molar refractivity (Wildman–Crippen MR) is 36.1 cm³/mol. The standard InChI is InChI=1S/C5H12O2.CH4O/c1-5(2,3-6)4-7;1-2/h6-7H,3-4H2,1-2H3;2H,1H3. The SMILES string of the molecule is CC(C)(CO)CO.CO. The van der Waals surface area contributed by atoms with Crippen LogP contribution in [0.2, 0.25) is 0 Å². The summed E-state index contributed by atoms with van der Waals surface area (Å²) < 4.78 is 0. The van der Waals surface area contributed by atoms with E-state index in [0.29, 0.717) is 0 Å². The molecule has 0 aromatic heterocycles. The Labute approximate surface area is 56.0 Å². The summed E-state index contributed by atoms with van der Waals surface area (Å²) in [4.78, 5) is 0. The largest absolute Gasteiger partial charge is 0.400 e. The maximum Gasteiger partial charge on any atom is 0.0504 e. The highest BCUT2D eigenvalue weighted by Gasteiger charge is 2.13. The molecule has 0 atom stereocenters. The molecule has 0 radical (unpaired) electrons. The highest BCUT2D eigenvalue weighted by molar-refractivity contribution is 4.62. The second-order valence-corrected chi connectivity index (χ2v) is 2.48. The summed E-state index contributed by atoms with van der Waals surface area (Å²) in [7, 11) is 1.00. The number of hydrogen-bond donors (Lipinski definition) is 3. The average Bonchev–Trinajstić information content (AvgIpc) is 1.93. The Morgan fingerprint density at radius 2 is 1.22 bits per heavy atom. The van der Waals surface area contributed by atoms with E-state index in [1.165, 1.54) is 0 Å². The van der Waals surface area contributed by atoms with E-state index in [4.69, 9.17) is 15.3 Å². The van der Waals surface area contributed by atoms with Gasteiger partial charge in [0.05, 0.1) is 13.2 Å². The summed E-state index contributed by atoms with van der Waals surface area (Å²) in [6, 6.07) is 0. The third-order valence-electron chi connectivity index (χ3n) is 0.856. The highest BCUT2D eigenvalue weighted by Crippen LogP contribution is 2.10. The van der Waals surface area contributed by atoms with Gasteiger partial charge in [-0.15, -0.1) is 0 Å². The normalized spacial score (nSPS) is 10.0. The monoisotopic (exact) mass is 136 g/mol. The lowest BCUT2D eigenvalue weighted by molar-refractivity contribution is 0.0857. The lowest BCUT2D eigenvalue weighted by Gasteiger charge is -2.16. The number of aliphatic hydroxyl groups excluding tert-OH is 3. The van der Waals surface area contributed by atoms with Crippen molar-refractivity contribution in [2.24, 2.45) is 5.41 Å². The van der Waals surface area contributed by atoms with Crippen LogP contribution in [0.1, 0.15) is 13.8 Å². The van der Waals surface area contributed by atoms with Gasteiger partial charge >= 0.3 is 0 Å². The number of aliphatic hydroxyl groups is 3. The summed E-state index contributed by atoms with van der Waals surface area (Å²) in [6.07, 6.45) is 0. The first-order valence-corrected chi connectivity index (χ1v) is 2.79. The molecule has 0 aliphatic heterocycles. The van der Waals surface area contributed by atoms with Gasteiger partial charge in [0, 0.05) is 12.5 Å². The molecule has 0 aliphatic rings. The van der Waals surface area contributed by atoms with E-state index in [9.17, 15) is 0 Å². The molecule has 9 heavy (non-hydrogen) atoms. The fourth-order valence-electron chi connectivity index (χ4n) is 0.0500. The lowest BCUT2D eigenvalue weighted by Crippen LogP contribution is -2.20. The summed E-state index contributed by atoms with van der Waals surface area (Å²) in [5.41, 5.74) is -0.306. The topological polar surface area (TPSA) is 60.7 Å². The first kappa shape index (κ1) is 11.6. The molecule has 0 spiro atoms. The van der Waals surface area contributed by atoms with E-state index in [0.717, 1.165) is 7.11 Å². The Bertz CT molecular complexity index is 46.3. The van der Waals surface area contributed by atoms with Gasteiger partial charge in [-0.25, -0.2) is 0 Å². The van der Waals surface area contributed by atoms with Crippen LogP contribution in [0.15, 0.2) is 0 Å². The molecule has 0 amide bonds. The van der Waals surface area contributed by atoms with E-state index >= 15 is 0 Å². The zero-order chi connectivity index (χ0) is 7.91. The van der Waals surface area contributed by atoms with Gasteiger partial charge in [-0.05, 0) is 0 Å². The van der Waals surface area contributed by atoms with Crippen LogP contribution >= 0.6 is 0 Å². The molecular formula is C6H16O3. The van der Waals surface area contributed by atoms with Gasteiger partial charge in [0.1, 0.15) is 0 Å². The van der Waals surface area contributed by atoms with Crippen LogP contribution in [0.4, 0.5) is 0 Å². The van der Waals surface area contributed by atoms with Crippen molar-refractivity contribution in [3.63, 3.8) is 0 Å². The van der Waals surface area contributed by atoms with Crippen molar-refractivity contribution >= 4 is 0 Å². The van der Waals surface area contributed by atoms with E-state index in [1.54, 1.807) is 13.8 Å². The molecule has 0 aromatic rings. The summed E-state index contributed by atoms with van der Waals surface area (Å²) >= 11 is 0. The van der Waals surface area contributed by atoms with Crippen LogP contribution in [-0.4, -0.2) is 35.6 Å². The van der Waals surface area contributed by atoms with Gasteiger partial charge in [0.2, 0.25) is 0 Å². The van der Waals surface area contributed by atoms with E-state index in [2.05, 4.69) is 0 Å².